The first-order valence-electron chi connectivity index (χ1n) is 6.65. The van der Waals surface area contributed by atoms with Crippen molar-refractivity contribution in [1.82, 2.24) is 0 Å². The third-order valence-electron chi connectivity index (χ3n) is 2.71. The number of nitrogen functional groups attached to an aromatic ring is 1. The van der Waals surface area contributed by atoms with Crippen molar-refractivity contribution in [3.63, 3.8) is 0 Å². The first-order valence-corrected chi connectivity index (χ1v) is 8.14. The smallest absolute Gasteiger partial charge is 0.224 e. The highest BCUT2D eigenvalue weighted by Gasteiger charge is 2.08. The first kappa shape index (κ1) is 16.5. The van der Waals surface area contributed by atoms with Crippen molar-refractivity contribution >= 4 is 28.1 Å². The molecule has 1 unspecified atom stereocenters. The molecule has 0 radical (unpaired) electrons. The van der Waals surface area contributed by atoms with Crippen molar-refractivity contribution in [2.45, 2.75) is 26.2 Å². The number of nitrogens with one attached hydrogen (secondary N) is 1. The zero-order valence-electron chi connectivity index (χ0n) is 12.0. The second kappa shape index (κ2) is 8.58. The van der Waals surface area contributed by atoms with Crippen LogP contribution in [0.15, 0.2) is 18.2 Å². The first-order chi connectivity index (χ1) is 9.56. The molecule has 1 amide bonds. The van der Waals surface area contributed by atoms with Gasteiger partial charge in [-0.2, -0.15) is 0 Å². The van der Waals surface area contributed by atoms with Gasteiger partial charge in [0.25, 0.3) is 0 Å². The van der Waals surface area contributed by atoms with Crippen LogP contribution in [0.2, 0.25) is 0 Å². The molecule has 0 saturated carbocycles. The molecule has 20 heavy (non-hydrogen) atoms. The fourth-order valence-electron chi connectivity index (χ4n) is 1.75. The van der Waals surface area contributed by atoms with E-state index < -0.39 is 10.8 Å². The largest absolute Gasteiger partial charge is 0.494 e. The Balaban J connectivity index is 2.44. The quantitative estimate of drug-likeness (QED) is 0.721. The number of carbonyl (C=O) groups is 1. The van der Waals surface area contributed by atoms with Gasteiger partial charge in [0.1, 0.15) is 5.75 Å². The van der Waals surface area contributed by atoms with Crippen molar-refractivity contribution in [1.29, 1.82) is 0 Å². The van der Waals surface area contributed by atoms with Gasteiger partial charge in [-0.1, -0.05) is 6.92 Å². The standard InChI is InChI=1S/C14H22N2O3S/c1-3-8-20(18)9-4-5-14(17)16-12-7-6-11(15)10-13(12)19-2/h6-7,10H,3-5,8-9,15H2,1-2H3,(H,16,17). The molecule has 0 spiro atoms. The zero-order chi connectivity index (χ0) is 15.0. The number of anilines is 2. The van der Waals surface area contributed by atoms with E-state index in [0.717, 1.165) is 6.42 Å². The van der Waals surface area contributed by atoms with E-state index in [-0.39, 0.29) is 5.91 Å². The topological polar surface area (TPSA) is 81.4 Å². The molecular formula is C14H22N2O3S. The number of benzene rings is 1. The van der Waals surface area contributed by atoms with E-state index in [4.69, 9.17) is 10.5 Å². The molecule has 0 aliphatic rings. The molecule has 1 rings (SSSR count). The molecular weight excluding hydrogens is 276 g/mol. The molecule has 0 aliphatic carbocycles. The third kappa shape index (κ3) is 5.61. The van der Waals surface area contributed by atoms with Crippen LogP contribution < -0.4 is 15.8 Å². The van der Waals surface area contributed by atoms with Gasteiger partial charge in [0.15, 0.2) is 0 Å². The molecule has 6 heteroatoms. The monoisotopic (exact) mass is 298 g/mol. The van der Waals surface area contributed by atoms with Crippen molar-refractivity contribution < 1.29 is 13.7 Å². The van der Waals surface area contributed by atoms with Crippen LogP contribution in [0, 0.1) is 0 Å². The Morgan fingerprint density at radius 1 is 1.40 bits per heavy atom. The predicted molar refractivity (Wildman–Crippen MR) is 83.4 cm³/mol. The van der Waals surface area contributed by atoms with E-state index in [1.54, 1.807) is 18.2 Å². The normalized spacial score (nSPS) is 11.9. The lowest BCUT2D eigenvalue weighted by atomic mass is 10.2. The van der Waals surface area contributed by atoms with E-state index >= 15 is 0 Å². The molecule has 3 N–H and O–H groups in total. The fourth-order valence-corrected chi connectivity index (χ4v) is 2.87. The number of carbonyl (C=O) groups excluding carboxylic acids is 1. The Hall–Kier alpha value is -1.56. The third-order valence-corrected chi connectivity index (χ3v) is 4.31. The number of rotatable bonds is 8. The van der Waals surface area contributed by atoms with Gasteiger partial charge in [-0.3, -0.25) is 9.00 Å². The molecule has 0 bridgehead atoms. The summed E-state index contributed by atoms with van der Waals surface area (Å²) in [5.74, 6) is 1.70. The minimum Gasteiger partial charge on any atom is -0.494 e. The molecule has 0 saturated heterocycles. The second-order valence-corrected chi connectivity index (χ2v) is 6.16. The van der Waals surface area contributed by atoms with Crippen LogP contribution in [0.25, 0.3) is 0 Å². The molecule has 5 nitrogen and oxygen atoms in total. The summed E-state index contributed by atoms with van der Waals surface area (Å²) in [6.07, 6.45) is 1.88. The van der Waals surface area contributed by atoms with Gasteiger partial charge in [0.2, 0.25) is 5.91 Å². The number of hydrogen-bond acceptors (Lipinski definition) is 4. The van der Waals surface area contributed by atoms with Crippen LogP contribution in [0.1, 0.15) is 26.2 Å². The lowest BCUT2D eigenvalue weighted by molar-refractivity contribution is -0.116. The average Bonchev–Trinajstić information content (AvgIpc) is 2.41. The van der Waals surface area contributed by atoms with Gasteiger partial charge in [0, 0.05) is 40.5 Å². The van der Waals surface area contributed by atoms with Crippen LogP contribution in [0.3, 0.4) is 0 Å². The van der Waals surface area contributed by atoms with Crippen LogP contribution in [-0.2, 0) is 15.6 Å². The van der Waals surface area contributed by atoms with Crippen molar-refractivity contribution in [3.8, 4) is 5.75 Å². The fraction of sp³-hybridized carbons (Fsp3) is 0.500. The van der Waals surface area contributed by atoms with E-state index in [1.807, 2.05) is 6.92 Å². The number of amides is 1. The Morgan fingerprint density at radius 3 is 2.80 bits per heavy atom. The maximum atomic E-state index is 11.8. The molecule has 112 valence electrons. The molecule has 0 aliphatic heterocycles. The van der Waals surface area contributed by atoms with Crippen LogP contribution >= 0.6 is 0 Å². The van der Waals surface area contributed by atoms with Crippen LogP contribution in [0.5, 0.6) is 5.75 Å². The second-order valence-electron chi connectivity index (χ2n) is 4.46. The van der Waals surface area contributed by atoms with Gasteiger partial charge in [-0.15, -0.1) is 0 Å². The number of hydrogen-bond donors (Lipinski definition) is 2. The lowest BCUT2D eigenvalue weighted by Gasteiger charge is -2.10. The number of methoxy groups -OCH3 is 1. The summed E-state index contributed by atoms with van der Waals surface area (Å²) in [6, 6.07) is 5.07. The van der Waals surface area contributed by atoms with Crippen LogP contribution in [-0.4, -0.2) is 28.7 Å². The van der Waals surface area contributed by atoms with Gasteiger partial charge < -0.3 is 15.8 Å². The van der Waals surface area contributed by atoms with E-state index in [1.165, 1.54) is 7.11 Å². The zero-order valence-corrected chi connectivity index (χ0v) is 12.8. The van der Waals surface area contributed by atoms with Gasteiger partial charge in [0.05, 0.1) is 12.8 Å². The van der Waals surface area contributed by atoms with Crippen molar-refractivity contribution in [2.75, 3.05) is 29.7 Å². The SMILES string of the molecule is CCCS(=O)CCCC(=O)Nc1ccc(N)cc1OC. The molecule has 0 fully saturated rings. The summed E-state index contributed by atoms with van der Waals surface area (Å²) in [4.78, 5) is 11.8. The number of ether oxygens (including phenoxy) is 1. The maximum Gasteiger partial charge on any atom is 0.224 e. The summed E-state index contributed by atoms with van der Waals surface area (Å²) in [6.45, 7) is 2.00. The average molecular weight is 298 g/mol. The summed E-state index contributed by atoms with van der Waals surface area (Å²) >= 11 is 0. The lowest BCUT2D eigenvalue weighted by Crippen LogP contribution is -2.14. The predicted octanol–water partition coefficient (Wildman–Crippen LogP) is 2.15. The van der Waals surface area contributed by atoms with Gasteiger partial charge in [-0.05, 0) is 25.0 Å². The molecule has 1 aromatic rings. The molecule has 0 heterocycles. The molecule has 1 aromatic carbocycles. The Labute approximate surface area is 122 Å². The van der Waals surface area contributed by atoms with E-state index in [9.17, 15) is 9.00 Å². The molecule has 1 atom stereocenters. The van der Waals surface area contributed by atoms with E-state index in [2.05, 4.69) is 5.32 Å². The minimum atomic E-state index is -0.813. The summed E-state index contributed by atoms with van der Waals surface area (Å²) in [5.41, 5.74) is 6.83. The van der Waals surface area contributed by atoms with Gasteiger partial charge in [-0.25, -0.2) is 0 Å². The highest BCUT2D eigenvalue weighted by molar-refractivity contribution is 7.84. The van der Waals surface area contributed by atoms with Crippen LogP contribution in [0.4, 0.5) is 11.4 Å². The van der Waals surface area contributed by atoms with E-state index in [0.29, 0.717) is 41.5 Å². The summed E-state index contributed by atoms with van der Waals surface area (Å²) < 4.78 is 16.6. The van der Waals surface area contributed by atoms with Gasteiger partial charge >= 0.3 is 0 Å². The van der Waals surface area contributed by atoms with Crippen molar-refractivity contribution in [3.05, 3.63) is 18.2 Å². The Morgan fingerprint density at radius 2 is 2.15 bits per heavy atom. The minimum absolute atomic E-state index is 0.110. The van der Waals surface area contributed by atoms with Crippen molar-refractivity contribution in [2.24, 2.45) is 0 Å². The Bertz CT molecular complexity index is 477. The highest BCUT2D eigenvalue weighted by atomic mass is 32.2. The summed E-state index contributed by atoms with van der Waals surface area (Å²) in [7, 11) is 0.713. The highest BCUT2D eigenvalue weighted by Crippen LogP contribution is 2.26. The summed E-state index contributed by atoms with van der Waals surface area (Å²) in [5, 5.41) is 2.78. The number of nitrogens with two attached hydrogens (primary N) is 1. The molecule has 0 aromatic heterocycles. The Kier molecular flexibility index (Phi) is 7.08. The maximum absolute atomic E-state index is 11.8.